The summed E-state index contributed by atoms with van der Waals surface area (Å²) in [6.07, 6.45) is 6.08. The second-order valence-electron chi connectivity index (χ2n) is 7.98. The summed E-state index contributed by atoms with van der Waals surface area (Å²) in [6.45, 7) is 4.04. The first-order chi connectivity index (χ1) is 16.0. The van der Waals surface area contributed by atoms with Gasteiger partial charge in [-0.1, -0.05) is 32.3 Å². The summed E-state index contributed by atoms with van der Waals surface area (Å²) in [5.41, 5.74) is 1.34. The van der Waals surface area contributed by atoms with Gasteiger partial charge in [-0.05, 0) is 44.4 Å². The molecular weight excluding hydrogens is 458 g/mol. The Labute approximate surface area is 203 Å². The molecule has 1 aromatic heterocycles. The number of hydrogen-bond acceptors (Lipinski definition) is 7. The molecule has 1 atom stereocenters. The van der Waals surface area contributed by atoms with Gasteiger partial charge in [-0.25, -0.2) is 4.98 Å². The first-order valence-corrected chi connectivity index (χ1v) is 13.2. The van der Waals surface area contributed by atoms with Crippen molar-refractivity contribution in [3.63, 3.8) is 0 Å². The molecule has 2 amide bonds. The molecule has 178 valence electrons. The molecule has 1 aromatic carbocycles. The van der Waals surface area contributed by atoms with E-state index in [1.807, 2.05) is 31.2 Å². The number of aromatic nitrogens is 1. The van der Waals surface area contributed by atoms with Crippen molar-refractivity contribution in [1.82, 2.24) is 4.98 Å². The van der Waals surface area contributed by atoms with Gasteiger partial charge in [-0.15, -0.1) is 23.1 Å². The van der Waals surface area contributed by atoms with Crippen LogP contribution in [0.2, 0.25) is 0 Å². The lowest BCUT2D eigenvalue weighted by molar-refractivity contribution is -0.142. The average molecular weight is 490 g/mol. The fourth-order valence-corrected chi connectivity index (χ4v) is 5.46. The van der Waals surface area contributed by atoms with Crippen molar-refractivity contribution >= 4 is 51.7 Å². The monoisotopic (exact) mass is 489 g/mol. The first-order valence-electron chi connectivity index (χ1n) is 11.5. The maximum absolute atomic E-state index is 12.8. The van der Waals surface area contributed by atoms with Gasteiger partial charge >= 0.3 is 5.97 Å². The number of nitrogens with one attached hydrogen (secondary N) is 2. The van der Waals surface area contributed by atoms with E-state index in [9.17, 15) is 14.4 Å². The lowest BCUT2D eigenvalue weighted by atomic mass is 9.88. The van der Waals surface area contributed by atoms with E-state index in [-0.39, 0.29) is 35.4 Å². The van der Waals surface area contributed by atoms with Crippen LogP contribution in [0.4, 0.5) is 10.8 Å². The van der Waals surface area contributed by atoms with E-state index in [4.69, 9.17) is 4.74 Å². The molecule has 0 bridgehead atoms. The SMILES string of the molecule is CCOC(=O)Cc1csc(NC(=O)C(CC)Sc2cccc(NC(=O)C3CCCCC3)c2)n1. The zero-order chi connectivity index (χ0) is 23.6. The standard InChI is InChI=1S/C24H31N3O4S2/c1-3-20(23(30)27-24-26-18(15-32-24)14-21(28)31-4-2)33-19-12-8-11-17(13-19)25-22(29)16-9-6-5-7-10-16/h8,11-13,15-16,20H,3-7,9-10,14H2,1-2H3,(H,25,29)(H,26,27,30). The van der Waals surface area contributed by atoms with Crippen molar-refractivity contribution in [3.8, 4) is 0 Å². The van der Waals surface area contributed by atoms with Gasteiger partial charge in [0, 0.05) is 21.9 Å². The molecule has 1 fully saturated rings. The fourth-order valence-electron chi connectivity index (χ4n) is 3.73. The molecule has 1 heterocycles. The molecule has 2 N–H and O–H groups in total. The Kier molecular flexibility index (Phi) is 9.75. The van der Waals surface area contributed by atoms with Crippen LogP contribution >= 0.6 is 23.1 Å². The van der Waals surface area contributed by atoms with Crippen LogP contribution in [0.5, 0.6) is 0 Å². The molecule has 0 radical (unpaired) electrons. The molecule has 3 rings (SSSR count). The molecule has 1 aliphatic carbocycles. The maximum atomic E-state index is 12.8. The summed E-state index contributed by atoms with van der Waals surface area (Å²) >= 11 is 2.74. The van der Waals surface area contributed by atoms with Gasteiger partial charge < -0.3 is 15.4 Å². The van der Waals surface area contributed by atoms with Crippen LogP contribution in [0, 0.1) is 5.92 Å². The van der Waals surface area contributed by atoms with E-state index in [1.165, 1.54) is 29.5 Å². The van der Waals surface area contributed by atoms with Crippen molar-refractivity contribution in [2.24, 2.45) is 5.92 Å². The quantitative estimate of drug-likeness (QED) is 0.348. The normalized spacial score (nSPS) is 15.0. The minimum atomic E-state index is -0.335. The zero-order valence-electron chi connectivity index (χ0n) is 19.1. The number of anilines is 2. The number of rotatable bonds is 10. The molecule has 7 nitrogen and oxygen atoms in total. The van der Waals surface area contributed by atoms with Gasteiger partial charge in [0.05, 0.1) is 24.0 Å². The number of carbonyl (C=O) groups is 3. The summed E-state index contributed by atoms with van der Waals surface area (Å²) in [7, 11) is 0. The molecule has 9 heteroatoms. The van der Waals surface area contributed by atoms with Crippen LogP contribution in [0.25, 0.3) is 0 Å². The molecule has 1 aliphatic rings. The van der Waals surface area contributed by atoms with E-state index in [2.05, 4.69) is 15.6 Å². The highest BCUT2D eigenvalue weighted by Gasteiger charge is 2.22. The number of thioether (sulfide) groups is 1. The van der Waals surface area contributed by atoms with Crippen LogP contribution in [0.15, 0.2) is 34.5 Å². The van der Waals surface area contributed by atoms with Crippen molar-refractivity contribution in [3.05, 3.63) is 35.3 Å². The van der Waals surface area contributed by atoms with Crippen LogP contribution in [-0.4, -0.2) is 34.6 Å². The Bertz CT molecular complexity index is 957. The van der Waals surface area contributed by atoms with E-state index >= 15 is 0 Å². The number of esters is 1. The molecule has 1 saturated carbocycles. The third-order valence-electron chi connectivity index (χ3n) is 5.43. The largest absolute Gasteiger partial charge is 0.466 e. The van der Waals surface area contributed by atoms with Crippen molar-refractivity contribution in [1.29, 1.82) is 0 Å². The van der Waals surface area contributed by atoms with Gasteiger partial charge in [0.25, 0.3) is 0 Å². The summed E-state index contributed by atoms with van der Waals surface area (Å²) in [4.78, 5) is 42.2. The van der Waals surface area contributed by atoms with Crippen molar-refractivity contribution < 1.29 is 19.1 Å². The highest BCUT2D eigenvalue weighted by molar-refractivity contribution is 8.00. The molecule has 2 aromatic rings. The number of nitrogens with zero attached hydrogens (tertiary/aromatic N) is 1. The van der Waals surface area contributed by atoms with Crippen LogP contribution in [-0.2, 0) is 25.5 Å². The number of carbonyl (C=O) groups excluding carboxylic acids is 3. The van der Waals surface area contributed by atoms with Crippen LogP contribution < -0.4 is 10.6 Å². The number of benzene rings is 1. The Morgan fingerprint density at radius 3 is 2.70 bits per heavy atom. The highest BCUT2D eigenvalue weighted by atomic mass is 32.2. The molecule has 1 unspecified atom stereocenters. The van der Waals surface area contributed by atoms with Crippen LogP contribution in [0.3, 0.4) is 0 Å². The minimum absolute atomic E-state index is 0.0871. The first kappa shape index (κ1) is 25.2. The second kappa shape index (κ2) is 12.7. The predicted octanol–water partition coefficient (Wildman–Crippen LogP) is 5.28. The Morgan fingerprint density at radius 2 is 1.97 bits per heavy atom. The number of amides is 2. The zero-order valence-corrected chi connectivity index (χ0v) is 20.7. The molecule has 0 saturated heterocycles. The van der Waals surface area contributed by atoms with Crippen molar-refractivity contribution in [2.45, 2.75) is 68.9 Å². The van der Waals surface area contributed by atoms with Crippen LogP contribution in [0.1, 0.15) is 58.1 Å². The van der Waals surface area contributed by atoms with E-state index in [1.54, 1.807) is 12.3 Å². The van der Waals surface area contributed by atoms with Gasteiger partial charge in [0.15, 0.2) is 5.13 Å². The Morgan fingerprint density at radius 1 is 1.18 bits per heavy atom. The minimum Gasteiger partial charge on any atom is -0.466 e. The summed E-state index contributed by atoms with van der Waals surface area (Å²) < 4.78 is 4.93. The molecular formula is C24H31N3O4S2. The molecule has 0 spiro atoms. The average Bonchev–Trinajstić information content (AvgIpc) is 3.24. The van der Waals surface area contributed by atoms with Crippen molar-refractivity contribution in [2.75, 3.05) is 17.2 Å². The number of thiazole rings is 1. The lowest BCUT2D eigenvalue weighted by Gasteiger charge is -2.21. The number of hydrogen-bond donors (Lipinski definition) is 2. The highest BCUT2D eigenvalue weighted by Crippen LogP contribution is 2.30. The smallest absolute Gasteiger partial charge is 0.311 e. The predicted molar refractivity (Wildman–Crippen MR) is 133 cm³/mol. The van der Waals surface area contributed by atoms with Gasteiger partial charge in [0.2, 0.25) is 11.8 Å². The van der Waals surface area contributed by atoms with Gasteiger partial charge in [-0.3, -0.25) is 14.4 Å². The summed E-state index contributed by atoms with van der Waals surface area (Å²) in [6, 6.07) is 7.64. The van der Waals surface area contributed by atoms with E-state index in [0.717, 1.165) is 36.3 Å². The van der Waals surface area contributed by atoms with Gasteiger partial charge in [-0.2, -0.15) is 0 Å². The Hall–Kier alpha value is -2.39. The topological polar surface area (TPSA) is 97.4 Å². The summed E-state index contributed by atoms with van der Waals surface area (Å²) in [5.74, 6) is -0.297. The van der Waals surface area contributed by atoms with E-state index in [0.29, 0.717) is 23.9 Å². The third-order valence-corrected chi connectivity index (χ3v) is 7.60. The van der Waals surface area contributed by atoms with E-state index < -0.39 is 0 Å². The summed E-state index contributed by atoms with van der Waals surface area (Å²) in [5, 5.41) is 7.80. The lowest BCUT2D eigenvalue weighted by Crippen LogP contribution is -2.25. The fraction of sp³-hybridized carbons (Fsp3) is 0.500. The van der Waals surface area contributed by atoms with Gasteiger partial charge in [0.1, 0.15) is 0 Å². The maximum Gasteiger partial charge on any atom is 0.311 e. The second-order valence-corrected chi connectivity index (χ2v) is 10.1. The number of ether oxygens (including phenoxy) is 1. The molecule has 0 aliphatic heterocycles. The third kappa shape index (κ3) is 7.85. The Balaban J connectivity index is 1.56. The molecule has 33 heavy (non-hydrogen) atoms.